The van der Waals surface area contributed by atoms with Gasteiger partial charge in [-0.2, -0.15) is 0 Å². The Morgan fingerprint density at radius 3 is 2.38 bits per heavy atom. The summed E-state index contributed by atoms with van der Waals surface area (Å²) in [6.07, 6.45) is 2.14. The van der Waals surface area contributed by atoms with Crippen LogP contribution in [-0.2, 0) is 6.42 Å². The van der Waals surface area contributed by atoms with Crippen LogP contribution in [0.25, 0.3) is 0 Å². The number of carboxylic acid groups (broad SMARTS) is 1. The molecule has 5 nitrogen and oxygen atoms in total. The maximum absolute atomic E-state index is 12.3. The van der Waals surface area contributed by atoms with Crippen LogP contribution < -0.4 is 5.32 Å². The molecule has 0 saturated heterocycles. The third kappa shape index (κ3) is 3.31. The first-order valence-electron chi connectivity index (χ1n) is 6.64. The number of amides is 1. The molecule has 0 spiro atoms. The normalized spacial score (nSPS) is 10.4. The molecular formula is C16H17NO4. The molecule has 0 atom stereocenters. The summed E-state index contributed by atoms with van der Waals surface area (Å²) in [5, 5.41) is 12.0. The van der Waals surface area contributed by atoms with Crippen molar-refractivity contribution in [3.63, 3.8) is 0 Å². The van der Waals surface area contributed by atoms with Crippen molar-refractivity contribution >= 4 is 11.9 Å². The molecule has 0 aliphatic heterocycles. The van der Waals surface area contributed by atoms with Crippen molar-refractivity contribution < 1.29 is 19.1 Å². The molecule has 0 radical (unpaired) electrons. The van der Waals surface area contributed by atoms with Crippen molar-refractivity contribution in [2.24, 2.45) is 0 Å². The molecule has 1 aromatic carbocycles. The highest BCUT2D eigenvalue weighted by molar-refractivity contribution is 6.06. The summed E-state index contributed by atoms with van der Waals surface area (Å²) in [5.41, 5.74) is 1.50. The number of carboxylic acids is 1. The first kappa shape index (κ1) is 14.8. The lowest BCUT2D eigenvalue weighted by Crippen LogP contribution is -2.28. The largest absolute Gasteiger partial charge is 0.478 e. The first-order chi connectivity index (χ1) is 10.0. The zero-order valence-corrected chi connectivity index (χ0v) is 12.0. The van der Waals surface area contributed by atoms with E-state index in [1.54, 1.807) is 38.3 Å². The van der Waals surface area contributed by atoms with E-state index >= 15 is 0 Å². The smallest absolute Gasteiger partial charge is 0.336 e. The highest BCUT2D eigenvalue weighted by Crippen LogP contribution is 2.18. The zero-order valence-electron chi connectivity index (χ0n) is 12.0. The summed E-state index contributed by atoms with van der Waals surface area (Å²) < 4.78 is 5.18. The Bertz CT molecular complexity index is 659. The maximum Gasteiger partial charge on any atom is 0.336 e. The zero-order chi connectivity index (χ0) is 15.4. The van der Waals surface area contributed by atoms with Crippen LogP contribution in [0.2, 0.25) is 0 Å². The molecule has 1 aromatic heterocycles. The minimum atomic E-state index is -1.09. The van der Waals surface area contributed by atoms with Crippen LogP contribution in [0.5, 0.6) is 0 Å². The van der Waals surface area contributed by atoms with Gasteiger partial charge in [-0.3, -0.25) is 4.79 Å². The molecule has 110 valence electrons. The van der Waals surface area contributed by atoms with Crippen LogP contribution in [0, 0.1) is 13.8 Å². The second kappa shape index (κ2) is 6.26. The predicted molar refractivity (Wildman–Crippen MR) is 77.6 cm³/mol. The number of nitrogens with one attached hydrogen (secondary N) is 1. The molecule has 5 heteroatoms. The van der Waals surface area contributed by atoms with Gasteiger partial charge < -0.3 is 14.8 Å². The third-order valence-corrected chi connectivity index (χ3v) is 3.30. The standard InChI is InChI=1S/C16H17NO4/c1-10-5-6-11(2)14(16(19)20)13(10)15(18)17-8-7-12-4-3-9-21-12/h3-6,9H,7-8H2,1-2H3,(H,17,18)(H,19,20). The highest BCUT2D eigenvalue weighted by Gasteiger charge is 2.20. The van der Waals surface area contributed by atoms with Crippen LogP contribution >= 0.6 is 0 Å². The van der Waals surface area contributed by atoms with Crippen molar-refractivity contribution in [3.8, 4) is 0 Å². The Kier molecular flexibility index (Phi) is 4.42. The van der Waals surface area contributed by atoms with E-state index in [1.807, 2.05) is 6.07 Å². The highest BCUT2D eigenvalue weighted by atomic mass is 16.4. The minimum absolute atomic E-state index is 0.0606. The van der Waals surface area contributed by atoms with E-state index in [4.69, 9.17) is 4.42 Å². The number of benzene rings is 1. The SMILES string of the molecule is Cc1ccc(C)c(C(=O)NCCc2ccco2)c1C(=O)O. The van der Waals surface area contributed by atoms with Gasteiger partial charge in [-0.1, -0.05) is 12.1 Å². The van der Waals surface area contributed by atoms with Crippen LogP contribution in [0.3, 0.4) is 0 Å². The van der Waals surface area contributed by atoms with Gasteiger partial charge in [0.2, 0.25) is 0 Å². The summed E-state index contributed by atoms with van der Waals surface area (Å²) in [4.78, 5) is 23.6. The molecule has 21 heavy (non-hydrogen) atoms. The van der Waals surface area contributed by atoms with E-state index < -0.39 is 5.97 Å². The van der Waals surface area contributed by atoms with Crippen molar-refractivity contribution in [1.82, 2.24) is 5.32 Å². The van der Waals surface area contributed by atoms with Crippen LogP contribution in [0.4, 0.5) is 0 Å². The van der Waals surface area contributed by atoms with E-state index in [1.165, 1.54) is 0 Å². The monoisotopic (exact) mass is 287 g/mol. The second-order valence-corrected chi connectivity index (χ2v) is 4.84. The van der Waals surface area contributed by atoms with E-state index in [0.717, 1.165) is 5.76 Å². The van der Waals surface area contributed by atoms with Gasteiger partial charge in [-0.15, -0.1) is 0 Å². The van der Waals surface area contributed by atoms with Gasteiger partial charge in [0.15, 0.2) is 0 Å². The van der Waals surface area contributed by atoms with Gasteiger partial charge in [0.1, 0.15) is 5.76 Å². The quantitative estimate of drug-likeness (QED) is 0.885. The lowest BCUT2D eigenvalue weighted by atomic mass is 9.96. The van der Waals surface area contributed by atoms with E-state index in [2.05, 4.69) is 5.32 Å². The fourth-order valence-corrected chi connectivity index (χ4v) is 2.22. The predicted octanol–water partition coefficient (Wildman–Crippen LogP) is 2.57. The molecule has 2 aromatic rings. The first-order valence-corrected chi connectivity index (χ1v) is 6.64. The molecule has 2 rings (SSSR count). The summed E-state index contributed by atoms with van der Waals surface area (Å²) in [6, 6.07) is 7.07. The van der Waals surface area contributed by atoms with Crippen LogP contribution in [0.15, 0.2) is 34.9 Å². The molecule has 0 fully saturated rings. The van der Waals surface area contributed by atoms with Gasteiger partial charge in [-0.25, -0.2) is 4.79 Å². The number of aromatic carboxylic acids is 1. The van der Waals surface area contributed by atoms with Crippen LogP contribution in [0.1, 0.15) is 37.6 Å². The summed E-state index contributed by atoms with van der Waals surface area (Å²) >= 11 is 0. The Hall–Kier alpha value is -2.56. The topological polar surface area (TPSA) is 79.5 Å². The van der Waals surface area contributed by atoms with Crippen molar-refractivity contribution in [2.45, 2.75) is 20.3 Å². The fourth-order valence-electron chi connectivity index (χ4n) is 2.22. The maximum atomic E-state index is 12.3. The molecule has 0 saturated carbocycles. The number of hydrogen-bond acceptors (Lipinski definition) is 3. The van der Waals surface area contributed by atoms with Gasteiger partial charge >= 0.3 is 5.97 Å². The Labute approximate surface area is 122 Å². The number of rotatable bonds is 5. The minimum Gasteiger partial charge on any atom is -0.478 e. The summed E-state index contributed by atoms with van der Waals surface area (Å²) in [7, 11) is 0. The van der Waals surface area contributed by atoms with Crippen molar-refractivity contribution in [2.75, 3.05) is 6.54 Å². The number of furan rings is 1. The average molecular weight is 287 g/mol. The molecule has 1 heterocycles. The van der Waals surface area contributed by atoms with Gasteiger partial charge in [0.05, 0.1) is 17.4 Å². The fraction of sp³-hybridized carbons (Fsp3) is 0.250. The number of hydrogen-bond donors (Lipinski definition) is 2. The lowest BCUT2D eigenvalue weighted by Gasteiger charge is -2.12. The molecule has 0 unspecified atom stereocenters. The molecule has 0 aliphatic rings. The lowest BCUT2D eigenvalue weighted by molar-refractivity contribution is 0.0690. The Morgan fingerprint density at radius 2 is 1.81 bits per heavy atom. The van der Waals surface area contributed by atoms with Crippen LogP contribution in [-0.4, -0.2) is 23.5 Å². The van der Waals surface area contributed by atoms with E-state index in [-0.39, 0.29) is 17.0 Å². The van der Waals surface area contributed by atoms with E-state index in [9.17, 15) is 14.7 Å². The van der Waals surface area contributed by atoms with Gasteiger partial charge in [0.25, 0.3) is 5.91 Å². The second-order valence-electron chi connectivity index (χ2n) is 4.84. The van der Waals surface area contributed by atoms with Gasteiger partial charge in [0, 0.05) is 13.0 Å². The van der Waals surface area contributed by atoms with Gasteiger partial charge in [-0.05, 0) is 37.1 Å². The molecule has 0 aliphatic carbocycles. The number of aryl methyl sites for hydroxylation is 2. The Morgan fingerprint density at radius 1 is 1.14 bits per heavy atom. The van der Waals surface area contributed by atoms with Crippen molar-refractivity contribution in [1.29, 1.82) is 0 Å². The average Bonchev–Trinajstić information content (AvgIpc) is 2.93. The molecule has 0 bridgehead atoms. The molecular weight excluding hydrogens is 270 g/mol. The number of carbonyl (C=O) groups excluding carboxylic acids is 1. The Balaban J connectivity index is 2.15. The van der Waals surface area contributed by atoms with Crippen molar-refractivity contribution in [3.05, 3.63) is 58.5 Å². The summed E-state index contributed by atoms with van der Waals surface area (Å²) in [5.74, 6) is -0.692. The summed E-state index contributed by atoms with van der Waals surface area (Å²) in [6.45, 7) is 3.80. The number of carbonyl (C=O) groups is 2. The van der Waals surface area contributed by atoms with E-state index in [0.29, 0.717) is 24.1 Å². The molecule has 2 N–H and O–H groups in total. The molecule has 1 amide bonds. The third-order valence-electron chi connectivity index (χ3n) is 3.30.